The van der Waals surface area contributed by atoms with E-state index in [1.807, 2.05) is 36.4 Å². The van der Waals surface area contributed by atoms with Crippen LogP contribution < -0.4 is 10.9 Å². The van der Waals surface area contributed by atoms with E-state index in [1.165, 1.54) is 0 Å². The third-order valence-corrected chi connectivity index (χ3v) is 5.33. The Balaban J connectivity index is 1.61. The molecule has 7 nitrogen and oxygen atoms in total. The highest BCUT2D eigenvalue weighted by molar-refractivity contribution is 5.88. The lowest BCUT2D eigenvalue weighted by Crippen LogP contribution is -2.34. The van der Waals surface area contributed by atoms with E-state index < -0.39 is 0 Å². The van der Waals surface area contributed by atoms with Crippen molar-refractivity contribution in [3.05, 3.63) is 70.4 Å². The smallest absolute Gasteiger partial charge is 0.272 e. The number of carbonyl (C=O) groups is 1. The van der Waals surface area contributed by atoms with E-state index in [9.17, 15) is 9.59 Å². The van der Waals surface area contributed by atoms with E-state index in [-0.39, 0.29) is 29.8 Å². The molecule has 0 aliphatic rings. The molecule has 0 saturated heterocycles. The molecule has 2 aromatic carbocycles. The number of imidazole rings is 1. The number of nitrogens with one attached hydrogen (secondary N) is 3. The fraction of sp³-hybridized carbons (Fsp3) is 0.273. The summed E-state index contributed by atoms with van der Waals surface area (Å²) in [6.45, 7) is 4.18. The first-order chi connectivity index (χ1) is 14.1. The Morgan fingerprint density at radius 1 is 1.10 bits per heavy atom. The first kappa shape index (κ1) is 18.9. The number of carbonyl (C=O) groups excluding carboxylic acids is 1. The number of fused-ring (bicyclic) bond motifs is 2. The van der Waals surface area contributed by atoms with Gasteiger partial charge in [0.05, 0.1) is 34.6 Å². The van der Waals surface area contributed by atoms with Crippen molar-refractivity contribution in [1.82, 2.24) is 25.5 Å². The second-order valence-electron chi connectivity index (χ2n) is 7.29. The Labute approximate surface area is 167 Å². The van der Waals surface area contributed by atoms with Crippen molar-refractivity contribution in [3.8, 4) is 0 Å². The zero-order valence-electron chi connectivity index (χ0n) is 16.4. The maximum Gasteiger partial charge on any atom is 0.272 e. The van der Waals surface area contributed by atoms with Crippen LogP contribution in [0.5, 0.6) is 0 Å². The average molecular weight is 389 g/mol. The van der Waals surface area contributed by atoms with Gasteiger partial charge in [0.2, 0.25) is 5.91 Å². The van der Waals surface area contributed by atoms with Gasteiger partial charge in [0.25, 0.3) is 5.56 Å². The van der Waals surface area contributed by atoms with Crippen molar-refractivity contribution in [3.63, 3.8) is 0 Å². The summed E-state index contributed by atoms with van der Waals surface area (Å²) in [6.07, 6.45) is 0.965. The largest absolute Gasteiger partial charge is 0.346 e. The maximum atomic E-state index is 12.9. The molecule has 148 valence electrons. The lowest BCUT2D eigenvalue weighted by atomic mass is 9.98. The summed E-state index contributed by atoms with van der Waals surface area (Å²) in [7, 11) is 0. The van der Waals surface area contributed by atoms with Gasteiger partial charge in [-0.2, -0.15) is 5.10 Å². The quantitative estimate of drug-likeness (QED) is 0.471. The number of amides is 1. The van der Waals surface area contributed by atoms with E-state index in [0.717, 1.165) is 23.3 Å². The van der Waals surface area contributed by atoms with Crippen LogP contribution in [0.3, 0.4) is 0 Å². The number of aromatic nitrogens is 4. The summed E-state index contributed by atoms with van der Waals surface area (Å²) in [6, 6.07) is 14.7. The third-order valence-electron chi connectivity index (χ3n) is 5.33. The first-order valence-corrected chi connectivity index (χ1v) is 9.77. The zero-order chi connectivity index (χ0) is 20.4. The Morgan fingerprint density at radius 3 is 2.59 bits per heavy atom. The van der Waals surface area contributed by atoms with Gasteiger partial charge < -0.3 is 10.3 Å². The van der Waals surface area contributed by atoms with Gasteiger partial charge in [-0.05, 0) is 24.1 Å². The zero-order valence-corrected chi connectivity index (χ0v) is 16.4. The molecule has 0 saturated carbocycles. The molecule has 4 rings (SSSR count). The summed E-state index contributed by atoms with van der Waals surface area (Å²) in [5.74, 6) is 0.772. The number of hydrogen-bond acceptors (Lipinski definition) is 4. The molecule has 29 heavy (non-hydrogen) atoms. The van der Waals surface area contributed by atoms with Gasteiger partial charge in [-0.1, -0.05) is 50.6 Å². The first-order valence-electron chi connectivity index (χ1n) is 9.77. The normalized spacial score (nSPS) is 13.4. The molecule has 7 heteroatoms. The number of aromatic amines is 2. The molecule has 2 atom stereocenters. The van der Waals surface area contributed by atoms with Gasteiger partial charge in [0.15, 0.2) is 0 Å². The van der Waals surface area contributed by atoms with Crippen LogP contribution in [-0.4, -0.2) is 26.1 Å². The summed E-state index contributed by atoms with van der Waals surface area (Å²) in [4.78, 5) is 32.8. The topological polar surface area (TPSA) is 104 Å². The highest BCUT2D eigenvalue weighted by atomic mass is 16.1. The van der Waals surface area contributed by atoms with Crippen molar-refractivity contribution in [2.45, 2.75) is 32.7 Å². The van der Waals surface area contributed by atoms with Gasteiger partial charge in [0.1, 0.15) is 5.82 Å². The fourth-order valence-electron chi connectivity index (χ4n) is 3.52. The Kier molecular flexibility index (Phi) is 5.12. The third kappa shape index (κ3) is 3.76. The van der Waals surface area contributed by atoms with Crippen LogP contribution in [-0.2, 0) is 11.2 Å². The molecule has 0 aliphatic heterocycles. The molecular formula is C22H23N5O2. The van der Waals surface area contributed by atoms with Gasteiger partial charge in [-0.3, -0.25) is 9.59 Å². The van der Waals surface area contributed by atoms with Crippen LogP contribution in [0.15, 0.2) is 53.3 Å². The Bertz CT molecular complexity index is 1190. The molecule has 0 unspecified atom stereocenters. The summed E-state index contributed by atoms with van der Waals surface area (Å²) < 4.78 is 0. The molecule has 0 aliphatic carbocycles. The predicted octanol–water partition coefficient (Wildman–Crippen LogP) is 3.25. The SMILES string of the molecule is CC[C@H](C)[C@H](NC(=O)Cc1n[nH]c(=O)c2ccccc12)c1nc2ccccc2[nH]1. The lowest BCUT2D eigenvalue weighted by molar-refractivity contribution is -0.121. The van der Waals surface area contributed by atoms with Crippen molar-refractivity contribution in [1.29, 1.82) is 0 Å². The molecule has 4 aromatic rings. The highest BCUT2D eigenvalue weighted by Crippen LogP contribution is 2.25. The van der Waals surface area contributed by atoms with Crippen LogP contribution >= 0.6 is 0 Å². The average Bonchev–Trinajstić information content (AvgIpc) is 3.17. The number of para-hydroxylation sites is 2. The summed E-state index contributed by atoms with van der Waals surface area (Å²) in [5, 5.41) is 10.9. The minimum atomic E-state index is -0.260. The van der Waals surface area contributed by atoms with Gasteiger partial charge in [0, 0.05) is 5.39 Å². The van der Waals surface area contributed by atoms with Crippen LogP contribution in [0, 0.1) is 5.92 Å². The van der Waals surface area contributed by atoms with E-state index >= 15 is 0 Å². The highest BCUT2D eigenvalue weighted by Gasteiger charge is 2.24. The molecule has 1 amide bonds. The molecule has 0 spiro atoms. The Morgan fingerprint density at radius 2 is 1.83 bits per heavy atom. The number of hydrogen-bond donors (Lipinski definition) is 3. The number of benzene rings is 2. The van der Waals surface area contributed by atoms with Crippen molar-refractivity contribution in [2.75, 3.05) is 0 Å². The lowest BCUT2D eigenvalue weighted by Gasteiger charge is -2.22. The molecule has 0 bridgehead atoms. The second kappa shape index (κ2) is 7.87. The monoisotopic (exact) mass is 389 g/mol. The van der Waals surface area contributed by atoms with E-state index in [1.54, 1.807) is 12.1 Å². The molecule has 2 heterocycles. The van der Waals surface area contributed by atoms with Crippen molar-refractivity contribution in [2.24, 2.45) is 5.92 Å². The minimum Gasteiger partial charge on any atom is -0.346 e. The standard InChI is InChI=1S/C22H23N5O2/c1-3-13(2)20(21-23-16-10-6-7-11-17(16)24-21)25-19(28)12-18-14-8-4-5-9-15(14)22(29)27-26-18/h4-11,13,20H,3,12H2,1-2H3,(H,23,24)(H,25,28)(H,27,29)/t13-,20-/m0/s1. The van der Waals surface area contributed by atoms with Crippen molar-refractivity contribution < 1.29 is 4.79 Å². The molecule has 0 fully saturated rings. The summed E-state index contributed by atoms with van der Waals surface area (Å²) >= 11 is 0. The number of rotatable bonds is 6. The minimum absolute atomic E-state index is 0.0739. The van der Waals surface area contributed by atoms with Gasteiger partial charge in [-0.25, -0.2) is 10.1 Å². The van der Waals surface area contributed by atoms with Crippen LogP contribution in [0.4, 0.5) is 0 Å². The number of nitrogens with zero attached hydrogens (tertiary/aromatic N) is 2. The second-order valence-corrected chi connectivity index (χ2v) is 7.29. The van der Waals surface area contributed by atoms with Gasteiger partial charge >= 0.3 is 0 Å². The fourth-order valence-corrected chi connectivity index (χ4v) is 3.52. The van der Waals surface area contributed by atoms with Crippen LogP contribution in [0.1, 0.15) is 37.8 Å². The van der Waals surface area contributed by atoms with Crippen LogP contribution in [0.25, 0.3) is 21.8 Å². The number of H-pyrrole nitrogens is 2. The maximum absolute atomic E-state index is 12.9. The van der Waals surface area contributed by atoms with Crippen LogP contribution in [0.2, 0.25) is 0 Å². The van der Waals surface area contributed by atoms with Gasteiger partial charge in [-0.15, -0.1) is 0 Å². The molecule has 0 radical (unpaired) electrons. The summed E-state index contributed by atoms with van der Waals surface area (Å²) in [5.41, 5.74) is 2.10. The van der Waals surface area contributed by atoms with Crippen molar-refractivity contribution >= 4 is 27.7 Å². The predicted molar refractivity (Wildman–Crippen MR) is 113 cm³/mol. The van der Waals surface area contributed by atoms with E-state index in [0.29, 0.717) is 16.5 Å². The molecule has 2 aromatic heterocycles. The van der Waals surface area contributed by atoms with E-state index in [4.69, 9.17) is 0 Å². The molecular weight excluding hydrogens is 366 g/mol. The van der Waals surface area contributed by atoms with E-state index in [2.05, 4.69) is 39.3 Å². The Hall–Kier alpha value is -3.48. The molecule has 3 N–H and O–H groups in total.